The molecule has 1 aliphatic rings. The van der Waals surface area contributed by atoms with E-state index in [2.05, 4.69) is 167 Å². The molecule has 0 spiro atoms. The van der Waals surface area contributed by atoms with Crippen molar-refractivity contribution < 1.29 is 0 Å². The van der Waals surface area contributed by atoms with Crippen LogP contribution < -0.4 is 0 Å². The molecular weight excluding hydrogens is 583 g/mol. The summed E-state index contributed by atoms with van der Waals surface area (Å²) in [7, 11) is 0. The van der Waals surface area contributed by atoms with Gasteiger partial charge in [0, 0.05) is 50.1 Å². The highest BCUT2D eigenvalue weighted by Gasteiger charge is 2.24. The molecule has 1 aliphatic carbocycles. The van der Waals surface area contributed by atoms with E-state index in [1.807, 2.05) is 6.20 Å². The molecule has 0 bridgehead atoms. The second-order valence-electron chi connectivity index (χ2n) is 12.8. The Kier molecular flexibility index (Phi) is 5.11. The zero-order valence-electron chi connectivity index (χ0n) is 25.9. The van der Waals surface area contributed by atoms with Crippen LogP contribution in [0.5, 0.6) is 0 Å². The highest BCUT2D eigenvalue weighted by atomic mass is 15.0. The lowest BCUT2D eigenvalue weighted by molar-refractivity contribution is 1.18. The summed E-state index contributed by atoms with van der Waals surface area (Å²) in [5.41, 5.74) is 14.4. The molecule has 0 atom stereocenters. The van der Waals surface area contributed by atoms with Crippen molar-refractivity contribution in [1.82, 2.24) is 14.1 Å². The van der Waals surface area contributed by atoms with E-state index in [1.54, 1.807) is 0 Å². The first-order valence-electron chi connectivity index (χ1n) is 16.5. The summed E-state index contributed by atoms with van der Waals surface area (Å²) in [6, 6.07) is 57.6. The molecule has 3 nitrogen and oxygen atoms in total. The zero-order valence-corrected chi connectivity index (χ0v) is 25.9. The van der Waals surface area contributed by atoms with Crippen LogP contribution in [0.1, 0.15) is 0 Å². The van der Waals surface area contributed by atoms with Gasteiger partial charge in [0.1, 0.15) is 0 Å². The zero-order chi connectivity index (χ0) is 31.3. The molecular formula is C45H27N3. The third-order valence-corrected chi connectivity index (χ3v) is 10.3. The van der Waals surface area contributed by atoms with Gasteiger partial charge in [0.15, 0.2) is 0 Å². The van der Waals surface area contributed by atoms with Crippen molar-refractivity contribution in [3.8, 4) is 44.9 Å². The summed E-state index contributed by atoms with van der Waals surface area (Å²) < 4.78 is 4.79. The van der Waals surface area contributed by atoms with Gasteiger partial charge in [0.25, 0.3) is 0 Å². The third-order valence-electron chi connectivity index (χ3n) is 10.3. The molecule has 0 saturated heterocycles. The Morgan fingerprint density at radius 2 is 1.00 bits per heavy atom. The standard InChI is InChI=1S/C45H27N3/c1-2-10-31(11-3-1)47-40-15-6-4-12-33(40)38-25-29(17-21-42(38)47)30-18-22-43-39(26-30)34-13-5-7-16-41(34)48(43)32-19-20-36-37(27-32)35-14-8-9-28-23-24-46-45(36)44(28)35/h1-27H. The van der Waals surface area contributed by atoms with Crippen LogP contribution in [0.25, 0.3) is 99.3 Å². The number of rotatable bonds is 3. The van der Waals surface area contributed by atoms with Gasteiger partial charge in [-0.1, -0.05) is 91.0 Å². The van der Waals surface area contributed by atoms with E-state index in [1.165, 1.54) is 87.9 Å². The van der Waals surface area contributed by atoms with Gasteiger partial charge in [-0.2, -0.15) is 0 Å². The van der Waals surface area contributed by atoms with Crippen molar-refractivity contribution in [3.63, 3.8) is 0 Å². The Morgan fingerprint density at radius 3 is 1.71 bits per heavy atom. The van der Waals surface area contributed by atoms with Crippen molar-refractivity contribution in [3.05, 3.63) is 164 Å². The summed E-state index contributed by atoms with van der Waals surface area (Å²) in [5.74, 6) is 0. The Morgan fingerprint density at radius 1 is 0.375 bits per heavy atom. The van der Waals surface area contributed by atoms with Gasteiger partial charge >= 0.3 is 0 Å². The number of benzene rings is 7. The van der Waals surface area contributed by atoms with Crippen molar-refractivity contribution in [1.29, 1.82) is 0 Å². The van der Waals surface area contributed by atoms with Gasteiger partial charge in [-0.25, -0.2) is 0 Å². The normalized spacial score (nSPS) is 12.2. The van der Waals surface area contributed by atoms with E-state index in [0.717, 1.165) is 11.4 Å². The molecule has 0 saturated carbocycles. The van der Waals surface area contributed by atoms with Crippen LogP contribution in [0.3, 0.4) is 0 Å². The molecule has 3 heteroatoms. The Hall–Kier alpha value is -6.45. The first-order chi connectivity index (χ1) is 23.8. The van der Waals surface area contributed by atoms with Gasteiger partial charge in [-0.05, 0) is 94.4 Å². The summed E-state index contributed by atoms with van der Waals surface area (Å²) in [5, 5.41) is 7.52. The minimum Gasteiger partial charge on any atom is -0.309 e. The van der Waals surface area contributed by atoms with Gasteiger partial charge in [-0.15, -0.1) is 0 Å². The molecule has 0 aliphatic heterocycles. The molecule has 0 N–H and O–H groups in total. The van der Waals surface area contributed by atoms with Crippen molar-refractivity contribution >= 4 is 54.4 Å². The molecule has 48 heavy (non-hydrogen) atoms. The second-order valence-corrected chi connectivity index (χ2v) is 12.8. The van der Waals surface area contributed by atoms with E-state index >= 15 is 0 Å². The van der Waals surface area contributed by atoms with Gasteiger partial charge in [0.2, 0.25) is 0 Å². The van der Waals surface area contributed by atoms with Crippen LogP contribution in [0, 0.1) is 0 Å². The van der Waals surface area contributed by atoms with Crippen LogP contribution in [-0.2, 0) is 0 Å². The lowest BCUT2D eigenvalue weighted by Gasteiger charge is -2.11. The average Bonchev–Trinajstić information content (AvgIpc) is 3.78. The minimum absolute atomic E-state index is 1.08. The van der Waals surface area contributed by atoms with Crippen LogP contribution in [0.15, 0.2) is 164 Å². The predicted octanol–water partition coefficient (Wildman–Crippen LogP) is 11.7. The third kappa shape index (κ3) is 3.45. The van der Waals surface area contributed by atoms with Gasteiger partial charge < -0.3 is 9.13 Å². The molecule has 3 aromatic heterocycles. The average molecular weight is 610 g/mol. The summed E-state index contributed by atoms with van der Waals surface area (Å²) >= 11 is 0. The SMILES string of the molecule is c1ccc(-n2c3ccccc3c3cc(-c4ccc5c(c4)c4ccccc4n5-c4ccc5c(c4)-c4cccc6ccnc-5c46)ccc32)cc1. The maximum absolute atomic E-state index is 4.79. The van der Waals surface area contributed by atoms with Crippen LogP contribution >= 0.6 is 0 Å². The maximum atomic E-state index is 4.79. The molecule has 0 radical (unpaired) electrons. The summed E-state index contributed by atoms with van der Waals surface area (Å²) in [4.78, 5) is 4.79. The second kappa shape index (κ2) is 9.54. The first kappa shape index (κ1) is 25.7. The van der Waals surface area contributed by atoms with E-state index in [-0.39, 0.29) is 0 Å². The molecule has 0 unspecified atom stereocenters. The highest BCUT2D eigenvalue weighted by molar-refractivity contribution is 6.15. The largest absolute Gasteiger partial charge is 0.309 e. The fourth-order valence-corrected chi connectivity index (χ4v) is 8.20. The number of nitrogens with zero attached hydrogens (tertiary/aromatic N) is 3. The lowest BCUT2D eigenvalue weighted by atomic mass is 10.0. The topological polar surface area (TPSA) is 22.8 Å². The maximum Gasteiger partial charge on any atom is 0.0792 e. The molecule has 0 amide bonds. The number of para-hydroxylation sites is 3. The number of fused-ring (bicyclic) bond motifs is 9. The number of hydrogen-bond acceptors (Lipinski definition) is 1. The predicted molar refractivity (Wildman–Crippen MR) is 200 cm³/mol. The Bertz CT molecular complexity index is 2940. The van der Waals surface area contributed by atoms with Gasteiger partial charge in [0.05, 0.1) is 27.8 Å². The monoisotopic (exact) mass is 609 g/mol. The van der Waals surface area contributed by atoms with Crippen LogP contribution in [0.2, 0.25) is 0 Å². The Labute approximate surface area is 276 Å². The van der Waals surface area contributed by atoms with Crippen molar-refractivity contribution in [2.45, 2.75) is 0 Å². The quantitative estimate of drug-likeness (QED) is 0.195. The fraction of sp³-hybridized carbons (Fsp3) is 0. The number of hydrogen-bond donors (Lipinski definition) is 0. The molecule has 3 heterocycles. The number of aromatic nitrogens is 3. The summed E-state index contributed by atoms with van der Waals surface area (Å²) in [6.07, 6.45) is 1.92. The van der Waals surface area contributed by atoms with Crippen molar-refractivity contribution in [2.24, 2.45) is 0 Å². The molecule has 11 rings (SSSR count). The van der Waals surface area contributed by atoms with Crippen LogP contribution in [-0.4, -0.2) is 14.1 Å². The van der Waals surface area contributed by atoms with E-state index in [4.69, 9.17) is 4.98 Å². The first-order valence-corrected chi connectivity index (χ1v) is 16.5. The minimum atomic E-state index is 1.08. The summed E-state index contributed by atoms with van der Waals surface area (Å²) in [6.45, 7) is 0. The smallest absolute Gasteiger partial charge is 0.0792 e. The highest BCUT2D eigenvalue weighted by Crippen LogP contribution is 2.47. The molecule has 222 valence electrons. The Balaban J connectivity index is 1.10. The lowest BCUT2D eigenvalue weighted by Crippen LogP contribution is -1.94. The van der Waals surface area contributed by atoms with E-state index in [9.17, 15) is 0 Å². The molecule has 7 aromatic carbocycles. The van der Waals surface area contributed by atoms with E-state index in [0.29, 0.717) is 0 Å². The fourth-order valence-electron chi connectivity index (χ4n) is 8.20. The molecule has 0 fully saturated rings. The van der Waals surface area contributed by atoms with Crippen molar-refractivity contribution in [2.75, 3.05) is 0 Å². The molecule has 10 aromatic rings. The van der Waals surface area contributed by atoms with E-state index < -0.39 is 0 Å². The van der Waals surface area contributed by atoms with Gasteiger partial charge in [-0.3, -0.25) is 4.98 Å². The number of pyridine rings is 1. The van der Waals surface area contributed by atoms with Crippen LogP contribution in [0.4, 0.5) is 0 Å².